The lowest BCUT2D eigenvalue weighted by molar-refractivity contribution is 0.124. The Kier molecular flexibility index (Phi) is 7.15. The predicted octanol–water partition coefficient (Wildman–Crippen LogP) is 5.57. The first-order valence-corrected chi connectivity index (χ1v) is 13.0. The van der Waals surface area contributed by atoms with Crippen LogP contribution in [0.4, 0.5) is 15.9 Å². The summed E-state index contributed by atoms with van der Waals surface area (Å²) in [5.41, 5.74) is 4.54. The molecule has 1 aliphatic heterocycles. The molecular formula is C31H29FN6O. The maximum atomic E-state index is 13.9. The Morgan fingerprint density at radius 1 is 1.10 bits per heavy atom. The van der Waals surface area contributed by atoms with Gasteiger partial charge in [0.1, 0.15) is 5.82 Å². The average Bonchev–Trinajstić information content (AvgIpc) is 2.96. The van der Waals surface area contributed by atoms with Gasteiger partial charge in [-0.3, -0.25) is 9.69 Å². The molecule has 1 fully saturated rings. The number of hydrogen-bond donors (Lipinski definition) is 0. The lowest BCUT2D eigenvalue weighted by Gasteiger charge is -2.49. The number of aromatic nitrogens is 2. The number of hydrogen-bond acceptors (Lipinski definition) is 5. The van der Waals surface area contributed by atoms with E-state index in [1.165, 1.54) is 12.1 Å². The summed E-state index contributed by atoms with van der Waals surface area (Å²) < 4.78 is 15.4. The highest BCUT2D eigenvalue weighted by Crippen LogP contribution is 2.37. The van der Waals surface area contributed by atoms with E-state index in [2.05, 4.69) is 39.5 Å². The summed E-state index contributed by atoms with van der Waals surface area (Å²) >= 11 is 0. The first kappa shape index (κ1) is 26.1. The second-order valence-electron chi connectivity index (χ2n) is 10.0. The minimum absolute atomic E-state index is 0.0571. The molecule has 39 heavy (non-hydrogen) atoms. The first-order chi connectivity index (χ1) is 18.8. The summed E-state index contributed by atoms with van der Waals surface area (Å²) in [5, 5.41) is 9.30. The molecule has 8 heteroatoms. The first-order valence-electron chi connectivity index (χ1n) is 13.0. The van der Waals surface area contributed by atoms with Gasteiger partial charge in [-0.15, -0.1) is 4.98 Å². The highest BCUT2D eigenvalue weighted by Gasteiger charge is 2.37. The molecule has 0 bridgehead atoms. The van der Waals surface area contributed by atoms with Crippen molar-refractivity contribution in [2.75, 3.05) is 18.0 Å². The molecule has 0 N–H and O–H groups in total. The van der Waals surface area contributed by atoms with Crippen molar-refractivity contribution in [2.24, 2.45) is 7.05 Å². The standard InChI is InChI=1S/C31H29FN6O/c1-5-25-19-37(31(23-10-12-24(32)13-11-23)22-8-6-21(17-33)7-9-22)20(2)18-38(25)27-16-29(39)36(4)26-14-15-28(34-3)35-30(26)27/h6-16,20,25,31H,5,18-19H2,1-2,4H3/t20-,25+,31?/m1/s1. The minimum atomic E-state index is -0.287. The summed E-state index contributed by atoms with van der Waals surface area (Å²) in [6, 6.07) is 21.4. The molecular weight excluding hydrogens is 491 g/mol. The van der Waals surface area contributed by atoms with Crippen molar-refractivity contribution in [3.8, 4) is 6.07 Å². The quantitative estimate of drug-likeness (QED) is 0.322. The van der Waals surface area contributed by atoms with Crippen LogP contribution in [0.2, 0.25) is 0 Å². The number of aryl methyl sites for hydroxylation is 1. The van der Waals surface area contributed by atoms with Crippen molar-refractivity contribution in [2.45, 2.75) is 38.4 Å². The normalized spacial score (nSPS) is 18.5. The van der Waals surface area contributed by atoms with E-state index in [0.717, 1.165) is 23.2 Å². The van der Waals surface area contributed by atoms with Crippen LogP contribution in [-0.2, 0) is 7.05 Å². The average molecular weight is 521 g/mol. The van der Waals surface area contributed by atoms with Gasteiger partial charge in [0.25, 0.3) is 11.4 Å². The molecule has 196 valence electrons. The number of pyridine rings is 2. The highest BCUT2D eigenvalue weighted by atomic mass is 19.1. The van der Waals surface area contributed by atoms with Crippen molar-refractivity contribution in [1.82, 2.24) is 14.5 Å². The Labute approximate surface area is 227 Å². The fourth-order valence-electron chi connectivity index (χ4n) is 5.61. The Morgan fingerprint density at radius 2 is 1.77 bits per heavy atom. The van der Waals surface area contributed by atoms with E-state index in [-0.39, 0.29) is 29.5 Å². The van der Waals surface area contributed by atoms with E-state index in [1.807, 2.05) is 36.4 Å². The number of nitrogens with zero attached hydrogens (tertiary/aromatic N) is 6. The number of rotatable bonds is 5. The summed E-state index contributed by atoms with van der Waals surface area (Å²) in [4.78, 5) is 25.7. The fraction of sp³-hybridized carbons (Fsp3) is 0.290. The van der Waals surface area contributed by atoms with Crippen molar-refractivity contribution in [1.29, 1.82) is 5.26 Å². The van der Waals surface area contributed by atoms with Crippen LogP contribution >= 0.6 is 0 Å². The van der Waals surface area contributed by atoms with Crippen molar-refractivity contribution >= 4 is 22.5 Å². The van der Waals surface area contributed by atoms with Crippen LogP contribution < -0.4 is 10.5 Å². The largest absolute Gasteiger partial charge is 0.362 e. The maximum Gasteiger partial charge on any atom is 0.270 e. The van der Waals surface area contributed by atoms with Gasteiger partial charge in [0.2, 0.25) is 5.52 Å². The predicted molar refractivity (Wildman–Crippen MR) is 150 cm³/mol. The highest BCUT2D eigenvalue weighted by molar-refractivity contribution is 5.89. The van der Waals surface area contributed by atoms with Gasteiger partial charge >= 0.3 is 0 Å². The van der Waals surface area contributed by atoms with Crippen LogP contribution in [-0.4, -0.2) is 39.6 Å². The van der Waals surface area contributed by atoms with Gasteiger partial charge in [0.15, 0.2) is 0 Å². The van der Waals surface area contributed by atoms with E-state index in [4.69, 9.17) is 6.57 Å². The zero-order valence-electron chi connectivity index (χ0n) is 22.2. The molecule has 1 saturated heterocycles. The van der Waals surface area contributed by atoms with Gasteiger partial charge in [-0.05, 0) is 60.9 Å². The van der Waals surface area contributed by atoms with Crippen LogP contribution in [0.5, 0.6) is 0 Å². The van der Waals surface area contributed by atoms with Crippen LogP contribution in [0.15, 0.2) is 71.5 Å². The molecule has 3 heterocycles. The molecule has 0 spiro atoms. The number of anilines is 1. The molecule has 0 saturated carbocycles. The number of fused-ring (bicyclic) bond motifs is 1. The molecule has 7 nitrogen and oxygen atoms in total. The second-order valence-corrected chi connectivity index (χ2v) is 10.0. The van der Waals surface area contributed by atoms with E-state index in [0.29, 0.717) is 35.5 Å². The Balaban J connectivity index is 1.58. The minimum Gasteiger partial charge on any atom is -0.362 e. The van der Waals surface area contributed by atoms with Gasteiger partial charge in [-0.25, -0.2) is 4.39 Å². The molecule has 0 amide bonds. The van der Waals surface area contributed by atoms with E-state index in [9.17, 15) is 14.4 Å². The Morgan fingerprint density at radius 3 is 2.38 bits per heavy atom. The number of nitriles is 1. The summed E-state index contributed by atoms with van der Waals surface area (Å²) in [6.07, 6.45) is 0.825. The van der Waals surface area contributed by atoms with E-state index >= 15 is 0 Å². The molecule has 0 aliphatic carbocycles. The van der Waals surface area contributed by atoms with Crippen molar-refractivity contribution in [3.05, 3.63) is 111 Å². The number of piperazine rings is 1. The Hall–Kier alpha value is -4.53. The molecule has 4 aromatic rings. The summed E-state index contributed by atoms with van der Waals surface area (Å²) in [6.45, 7) is 13.1. The third-order valence-electron chi connectivity index (χ3n) is 7.71. The van der Waals surface area contributed by atoms with Crippen LogP contribution in [0.3, 0.4) is 0 Å². The van der Waals surface area contributed by atoms with Gasteiger partial charge in [0, 0.05) is 38.3 Å². The summed E-state index contributed by atoms with van der Waals surface area (Å²) in [7, 11) is 1.72. The lowest BCUT2D eigenvalue weighted by Crippen LogP contribution is -2.58. The second kappa shape index (κ2) is 10.7. The SMILES string of the molecule is [C-]#[N+]c1ccc2c(n1)c(N1C[C@@H](C)N(C(c3ccc(F)cc3)c3ccc(C#N)cc3)C[C@@H]1CC)cc(=O)n2C. The Bertz CT molecular complexity index is 1650. The molecule has 0 radical (unpaired) electrons. The zero-order valence-corrected chi connectivity index (χ0v) is 22.2. The van der Waals surface area contributed by atoms with Gasteiger partial charge in [-0.2, -0.15) is 5.26 Å². The molecule has 2 aromatic carbocycles. The third kappa shape index (κ3) is 4.87. The fourth-order valence-corrected chi connectivity index (χ4v) is 5.61. The summed E-state index contributed by atoms with van der Waals surface area (Å²) in [5.74, 6) is 0.00442. The van der Waals surface area contributed by atoms with E-state index in [1.54, 1.807) is 29.8 Å². The van der Waals surface area contributed by atoms with Crippen LogP contribution in [0, 0.1) is 23.7 Å². The molecule has 1 aliphatic rings. The van der Waals surface area contributed by atoms with E-state index < -0.39 is 0 Å². The van der Waals surface area contributed by atoms with Crippen LogP contribution in [0.25, 0.3) is 15.9 Å². The molecule has 2 aromatic heterocycles. The van der Waals surface area contributed by atoms with Gasteiger partial charge < -0.3 is 14.3 Å². The lowest BCUT2D eigenvalue weighted by atomic mass is 9.92. The third-order valence-corrected chi connectivity index (χ3v) is 7.71. The monoisotopic (exact) mass is 520 g/mol. The van der Waals surface area contributed by atoms with Gasteiger partial charge in [-0.1, -0.05) is 37.8 Å². The number of benzene rings is 2. The number of halogens is 1. The molecule has 3 atom stereocenters. The molecule has 5 rings (SSSR count). The van der Waals surface area contributed by atoms with Crippen molar-refractivity contribution < 1.29 is 4.39 Å². The van der Waals surface area contributed by atoms with Crippen LogP contribution in [0.1, 0.15) is 43.0 Å². The smallest absolute Gasteiger partial charge is 0.270 e. The van der Waals surface area contributed by atoms with Gasteiger partial charge in [0.05, 0.1) is 28.9 Å². The maximum absolute atomic E-state index is 13.9. The van der Waals surface area contributed by atoms with Crippen molar-refractivity contribution in [3.63, 3.8) is 0 Å². The molecule has 1 unspecified atom stereocenters. The topological polar surface area (TPSA) is 69.5 Å². The zero-order chi connectivity index (χ0) is 27.7.